The molecule has 0 bridgehead atoms. The van der Waals surface area contributed by atoms with Crippen LogP contribution in [0.25, 0.3) is 6.08 Å². The maximum atomic E-state index is 4.04. The second kappa shape index (κ2) is 7.32. The number of allylic oxidation sites excluding steroid dienone is 5. The van der Waals surface area contributed by atoms with Crippen LogP contribution in [0.1, 0.15) is 75.1 Å². The Morgan fingerprint density at radius 2 is 1.69 bits per heavy atom. The van der Waals surface area contributed by atoms with E-state index in [2.05, 4.69) is 94.4 Å². The first-order valence-electron chi connectivity index (χ1n) is 10.2. The zero-order valence-corrected chi connectivity index (χ0v) is 18.4. The van der Waals surface area contributed by atoms with E-state index >= 15 is 0 Å². The summed E-state index contributed by atoms with van der Waals surface area (Å²) >= 11 is 0. The number of benzene rings is 1. The van der Waals surface area contributed by atoms with E-state index in [0.29, 0.717) is 11.5 Å². The normalized spacial score (nSPS) is 19.9. The monoisotopic (exact) mass is 365 g/mol. The Kier molecular flexibility index (Phi) is 5.46. The fraction of sp³-hybridized carbons (Fsp3) is 0.500. The van der Waals surface area contributed by atoms with Crippen molar-refractivity contribution in [3.8, 4) is 0 Å². The van der Waals surface area contributed by atoms with Crippen molar-refractivity contribution in [3.05, 3.63) is 64.8 Å². The van der Waals surface area contributed by atoms with Gasteiger partial charge >= 0.3 is 0 Å². The summed E-state index contributed by atoms with van der Waals surface area (Å²) in [7, 11) is -1.69. The van der Waals surface area contributed by atoms with Gasteiger partial charge in [-0.05, 0) is 50.3 Å². The van der Waals surface area contributed by atoms with Gasteiger partial charge in [0.05, 0.1) is 0 Å². The molecule has 2 aliphatic rings. The van der Waals surface area contributed by atoms with Crippen LogP contribution in [0.5, 0.6) is 0 Å². The minimum atomic E-state index is -1.69. The Hall–Kier alpha value is -1.38. The molecule has 0 saturated carbocycles. The van der Waals surface area contributed by atoms with E-state index in [1.54, 1.807) is 11.1 Å². The first-order valence-corrected chi connectivity index (χ1v) is 13.3. The molecule has 1 nitrogen and oxygen atoms in total. The van der Waals surface area contributed by atoms with Crippen molar-refractivity contribution in [1.82, 2.24) is 4.98 Å². The van der Waals surface area contributed by atoms with E-state index in [1.807, 2.05) is 0 Å². The van der Waals surface area contributed by atoms with E-state index in [9.17, 15) is 0 Å². The topological polar surface area (TPSA) is 12.0 Å². The van der Waals surface area contributed by atoms with Gasteiger partial charge in [-0.1, -0.05) is 80.6 Å². The highest BCUT2D eigenvalue weighted by Crippen LogP contribution is 2.46. The lowest BCUT2D eigenvalue weighted by Crippen LogP contribution is -2.58. The van der Waals surface area contributed by atoms with Crippen molar-refractivity contribution < 1.29 is 0 Å². The van der Waals surface area contributed by atoms with Gasteiger partial charge in [-0.2, -0.15) is 0 Å². The van der Waals surface area contributed by atoms with Crippen LogP contribution in [-0.2, 0) is 0 Å². The van der Waals surface area contributed by atoms with Crippen LogP contribution in [0.2, 0.25) is 13.1 Å². The smallest absolute Gasteiger partial charge is 0.131 e. The fourth-order valence-corrected chi connectivity index (χ4v) is 9.17. The molecule has 1 atom stereocenters. The summed E-state index contributed by atoms with van der Waals surface area (Å²) in [6, 6.07) is 6.99. The first-order chi connectivity index (χ1) is 12.2. The van der Waals surface area contributed by atoms with Gasteiger partial charge in [0.2, 0.25) is 0 Å². The van der Waals surface area contributed by atoms with E-state index < -0.39 is 8.24 Å². The van der Waals surface area contributed by atoms with E-state index in [1.165, 1.54) is 30.4 Å². The quantitative estimate of drug-likeness (QED) is 0.553. The van der Waals surface area contributed by atoms with Crippen LogP contribution in [-0.4, -0.2) is 13.8 Å². The lowest BCUT2D eigenvalue weighted by molar-refractivity contribution is 0.507. The summed E-state index contributed by atoms with van der Waals surface area (Å²) in [5, 5.41) is 0. The molecule has 1 aromatic rings. The Balaban J connectivity index is 2.05. The molecular weight excluding hydrogens is 330 g/mol. The highest BCUT2D eigenvalue weighted by molar-refractivity contribution is 6.77. The number of hydrogen-bond acceptors (Lipinski definition) is 1. The molecule has 0 heterocycles. The molecule has 0 spiro atoms. The van der Waals surface area contributed by atoms with Gasteiger partial charge < -0.3 is 4.98 Å². The van der Waals surface area contributed by atoms with Crippen molar-refractivity contribution in [2.45, 2.75) is 77.0 Å². The predicted molar refractivity (Wildman–Crippen MR) is 118 cm³/mol. The Labute approximate surface area is 161 Å². The average Bonchev–Trinajstić information content (AvgIpc) is 3.17. The highest BCUT2D eigenvalue weighted by atomic mass is 28.3. The summed E-state index contributed by atoms with van der Waals surface area (Å²) in [6.45, 7) is 14.2. The van der Waals surface area contributed by atoms with Gasteiger partial charge in [-0.3, -0.25) is 0 Å². The molecule has 140 valence electrons. The maximum Gasteiger partial charge on any atom is 0.131 e. The highest BCUT2D eigenvalue weighted by Gasteiger charge is 2.42. The van der Waals surface area contributed by atoms with Gasteiger partial charge in [-0.15, -0.1) is 0 Å². The molecule has 1 unspecified atom stereocenters. The van der Waals surface area contributed by atoms with Crippen LogP contribution >= 0.6 is 0 Å². The van der Waals surface area contributed by atoms with Crippen molar-refractivity contribution in [1.29, 1.82) is 0 Å². The zero-order valence-electron chi connectivity index (χ0n) is 17.4. The van der Waals surface area contributed by atoms with Crippen molar-refractivity contribution in [3.63, 3.8) is 0 Å². The molecule has 2 aliphatic carbocycles. The molecule has 0 aliphatic heterocycles. The standard InChI is InChI=1S/C24H35NSi/c1-7-8-12-19-17-22-20(18-13-9-10-14-18)15-11-16-21(22)23(19)26(5,6)25-24(2,3)4/h9-11,13-18,23,25H,7-8,12H2,1-6H3. The van der Waals surface area contributed by atoms with Gasteiger partial charge in [0.1, 0.15) is 8.24 Å². The predicted octanol–water partition coefficient (Wildman–Crippen LogP) is 6.70. The minimum absolute atomic E-state index is 0.156. The maximum absolute atomic E-state index is 4.04. The number of nitrogens with one attached hydrogen (secondary N) is 1. The molecule has 0 aromatic heterocycles. The van der Waals surface area contributed by atoms with Gasteiger partial charge in [0.25, 0.3) is 0 Å². The van der Waals surface area contributed by atoms with Crippen molar-refractivity contribution >= 4 is 14.3 Å². The van der Waals surface area contributed by atoms with Crippen LogP contribution in [0.3, 0.4) is 0 Å². The third-order valence-electron chi connectivity index (χ3n) is 5.53. The first kappa shape index (κ1) is 19.4. The zero-order chi connectivity index (χ0) is 18.9. The number of unbranched alkanes of at least 4 members (excludes halogenated alkanes) is 1. The second-order valence-electron chi connectivity index (χ2n) is 9.50. The molecule has 26 heavy (non-hydrogen) atoms. The molecule has 2 heteroatoms. The molecule has 1 aromatic carbocycles. The van der Waals surface area contributed by atoms with Crippen LogP contribution in [0.15, 0.2) is 48.1 Å². The minimum Gasteiger partial charge on any atom is -0.332 e. The summed E-state index contributed by atoms with van der Waals surface area (Å²) in [5.74, 6) is 0.438. The third kappa shape index (κ3) is 3.97. The Bertz CT molecular complexity index is 734. The van der Waals surface area contributed by atoms with E-state index in [-0.39, 0.29) is 5.54 Å². The Morgan fingerprint density at radius 3 is 2.31 bits per heavy atom. The molecule has 0 saturated heterocycles. The van der Waals surface area contributed by atoms with Crippen LogP contribution < -0.4 is 4.98 Å². The lowest BCUT2D eigenvalue weighted by atomic mass is 9.93. The fourth-order valence-electron chi connectivity index (χ4n) is 4.91. The molecule has 3 rings (SSSR count). The van der Waals surface area contributed by atoms with Gasteiger partial charge in [0.15, 0.2) is 0 Å². The van der Waals surface area contributed by atoms with Gasteiger partial charge in [0, 0.05) is 17.0 Å². The average molecular weight is 366 g/mol. The number of hydrogen-bond donors (Lipinski definition) is 1. The largest absolute Gasteiger partial charge is 0.332 e. The van der Waals surface area contributed by atoms with E-state index in [0.717, 1.165) is 0 Å². The van der Waals surface area contributed by atoms with Crippen LogP contribution in [0, 0.1) is 0 Å². The third-order valence-corrected chi connectivity index (χ3v) is 9.05. The summed E-state index contributed by atoms with van der Waals surface area (Å²) in [6.07, 6.45) is 15.3. The molecule has 0 amide bonds. The van der Waals surface area contributed by atoms with Gasteiger partial charge in [-0.25, -0.2) is 0 Å². The Morgan fingerprint density at radius 1 is 1.04 bits per heavy atom. The SMILES string of the molecule is CCCCC1=Cc2c(C3C=CC=C3)cccc2C1[Si](C)(C)NC(C)(C)C. The van der Waals surface area contributed by atoms with E-state index in [4.69, 9.17) is 0 Å². The molecule has 0 radical (unpaired) electrons. The lowest BCUT2D eigenvalue weighted by Gasteiger charge is -2.39. The van der Waals surface area contributed by atoms with Crippen LogP contribution in [0.4, 0.5) is 0 Å². The number of fused-ring (bicyclic) bond motifs is 1. The molecule has 0 fully saturated rings. The second-order valence-corrected chi connectivity index (χ2v) is 13.8. The summed E-state index contributed by atoms with van der Waals surface area (Å²) in [4.78, 5) is 4.04. The van der Waals surface area contributed by atoms with Crippen molar-refractivity contribution in [2.24, 2.45) is 0 Å². The number of rotatable bonds is 6. The molecule has 1 N–H and O–H groups in total. The molecular formula is C24H35NSi. The summed E-state index contributed by atoms with van der Waals surface area (Å²) in [5.41, 5.74) is 6.94. The summed E-state index contributed by atoms with van der Waals surface area (Å²) < 4.78 is 0. The van der Waals surface area contributed by atoms with Crippen molar-refractivity contribution in [2.75, 3.05) is 0 Å².